The molecule has 0 bridgehead atoms. The van der Waals surface area contributed by atoms with Gasteiger partial charge in [0.2, 0.25) is 5.91 Å². The molecule has 4 rings (SSSR count). The Morgan fingerprint density at radius 1 is 1.21 bits per heavy atom. The maximum Gasteiger partial charge on any atom is 0.337 e. The molecular formula is C23H24N2O3. The van der Waals surface area contributed by atoms with Gasteiger partial charge in [0.05, 0.1) is 11.1 Å². The quantitative estimate of drug-likeness (QED) is 0.695. The van der Waals surface area contributed by atoms with Crippen LogP contribution in [-0.4, -0.2) is 21.6 Å². The highest BCUT2D eigenvalue weighted by Crippen LogP contribution is 2.41. The van der Waals surface area contributed by atoms with Crippen LogP contribution in [0.25, 0.3) is 10.9 Å². The monoisotopic (exact) mass is 376 g/mol. The Morgan fingerprint density at radius 2 is 2.00 bits per heavy atom. The van der Waals surface area contributed by atoms with Gasteiger partial charge < -0.3 is 15.4 Å². The van der Waals surface area contributed by atoms with E-state index in [1.165, 1.54) is 11.3 Å². The number of nitrogens with two attached hydrogens (primary N) is 1. The molecule has 0 aliphatic heterocycles. The summed E-state index contributed by atoms with van der Waals surface area (Å²) in [6, 6.07) is 12.8. The Morgan fingerprint density at radius 3 is 2.71 bits per heavy atom. The van der Waals surface area contributed by atoms with E-state index in [-0.39, 0.29) is 0 Å². The summed E-state index contributed by atoms with van der Waals surface area (Å²) in [7, 11) is 0. The van der Waals surface area contributed by atoms with Gasteiger partial charge in [0.25, 0.3) is 0 Å². The molecule has 1 heterocycles. The second-order valence-electron chi connectivity index (χ2n) is 7.52. The number of carbonyl (C=O) groups is 2. The summed E-state index contributed by atoms with van der Waals surface area (Å²) < 4.78 is 2.17. The molecule has 0 radical (unpaired) electrons. The van der Waals surface area contributed by atoms with Gasteiger partial charge in [-0.05, 0) is 60.9 Å². The summed E-state index contributed by atoms with van der Waals surface area (Å²) in [5.41, 5.74) is 10.5. The molecule has 0 spiro atoms. The van der Waals surface area contributed by atoms with Crippen molar-refractivity contribution in [3.8, 4) is 0 Å². The van der Waals surface area contributed by atoms with Crippen molar-refractivity contribution >= 4 is 22.8 Å². The lowest BCUT2D eigenvalue weighted by Crippen LogP contribution is -2.16. The van der Waals surface area contributed by atoms with Crippen LogP contribution in [-0.2, 0) is 13.0 Å². The molecule has 2 aromatic carbocycles. The number of aromatic nitrogens is 1. The number of amides is 1. The third kappa shape index (κ3) is 2.97. The zero-order valence-corrected chi connectivity index (χ0v) is 15.9. The van der Waals surface area contributed by atoms with Gasteiger partial charge in [-0.15, -0.1) is 0 Å². The number of hydrogen-bond acceptors (Lipinski definition) is 2. The Balaban J connectivity index is 1.97. The van der Waals surface area contributed by atoms with Crippen LogP contribution in [0.4, 0.5) is 0 Å². The standard InChI is InChI=1S/C23H24N2O3/c1-2-15-7-4-9-17-18-10-5-11-19(23(27)28)21(18)25(20(15)17)13-14-6-3-8-16(12-14)22(24)26/h3,5-6,8,10-12,15H,2,4,7,9,13H2,1H3,(H2,24,26)(H,27,28). The van der Waals surface area contributed by atoms with E-state index >= 15 is 0 Å². The number of carbonyl (C=O) groups excluding carboxylic acids is 1. The minimum absolute atomic E-state index is 0.327. The van der Waals surface area contributed by atoms with Crippen molar-refractivity contribution in [1.29, 1.82) is 0 Å². The first kappa shape index (κ1) is 18.3. The topological polar surface area (TPSA) is 85.3 Å². The van der Waals surface area contributed by atoms with E-state index in [1.807, 2.05) is 24.3 Å². The van der Waals surface area contributed by atoms with Crippen molar-refractivity contribution in [1.82, 2.24) is 4.57 Å². The largest absolute Gasteiger partial charge is 0.478 e. The molecule has 5 heteroatoms. The van der Waals surface area contributed by atoms with Crippen molar-refractivity contribution in [3.05, 3.63) is 70.4 Å². The lowest BCUT2D eigenvalue weighted by molar-refractivity contribution is 0.0698. The first-order chi connectivity index (χ1) is 13.5. The molecule has 0 saturated heterocycles. The van der Waals surface area contributed by atoms with Gasteiger partial charge in [-0.2, -0.15) is 0 Å². The molecule has 28 heavy (non-hydrogen) atoms. The summed E-state index contributed by atoms with van der Waals surface area (Å²) in [5.74, 6) is -0.961. The summed E-state index contributed by atoms with van der Waals surface area (Å²) in [5, 5.41) is 10.8. The Bertz CT molecular complexity index is 1080. The predicted octanol–water partition coefficient (Wildman–Crippen LogP) is 4.32. The second-order valence-corrected chi connectivity index (χ2v) is 7.52. The van der Waals surface area contributed by atoms with Crippen LogP contribution in [0.5, 0.6) is 0 Å². The average molecular weight is 376 g/mol. The fourth-order valence-electron chi connectivity index (χ4n) is 4.63. The minimum atomic E-state index is -0.916. The van der Waals surface area contributed by atoms with Gasteiger partial charge in [0.1, 0.15) is 0 Å². The zero-order chi connectivity index (χ0) is 19.8. The van der Waals surface area contributed by atoms with Gasteiger partial charge in [0.15, 0.2) is 0 Å². The van der Waals surface area contributed by atoms with Crippen molar-refractivity contribution in [2.75, 3.05) is 0 Å². The van der Waals surface area contributed by atoms with Crippen LogP contribution >= 0.6 is 0 Å². The average Bonchev–Trinajstić information content (AvgIpc) is 3.02. The maximum absolute atomic E-state index is 12.0. The number of benzene rings is 2. The van der Waals surface area contributed by atoms with Crippen LogP contribution in [0.3, 0.4) is 0 Å². The van der Waals surface area contributed by atoms with Crippen LogP contribution < -0.4 is 5.73 Å². The second kappa shape index (κ2) is 7.15. The summed E-state index contributed by atoms with van der Waals surface area (Å²) in [4.78, 5) is 23.5. The number of carboxylic acid groups (broad SMARTS) is 1. The van der Waals surface area contributed by atoms with Gasteiger partial charge in [-0.1, -0.05) is 31.2 Å². The lowest BCUT2D eigenvalue weighted by atomic mass is 9.85. The third-order valence-electron chi connectivity index (χ3n) is 5.87. The summed E-state index contributed by atoms with van der Waals surface area (Å²) in [6.45, 7) is 2.71. The van der Waals surface area contributed by atoms with E-state index in [9.17, 15) is 14.7 Å². The molecule has 5 nitrogen and oxygen atoms in total. The maximum atomic E-state index is 12.0. The number of aryl methyl sites for hydroxylation is 1. The Hall–Kier alpha value is -3.08. The number of nitrogens with zero attached hydrogens (tertiary/aromatic N) is 1. The lowest BCUT2D eigenvalue weighted by Gasteiger charge is -2.25. The molecule has 144 valence electrons. The van der Waals surface area contributed by atoms with E-state index in [0.29, 0.717) is 23.6 Å². The van der Waals surface area contributed by atoms with Crippen molar-refractivity contribution < 1.29 is 14.7 Å². The fraction of sp³-hybridized carbons (Fsp3) is 0.304. The smallest absolute Gasteiger partial charge is 0.337 e. The van der Waals surface area contributed by atoms with Crippen LogP contribution in [0.15, 0.2) is 42.5 Å². The number of aromatic carboxylic acids is 1. The van der Waals surface area contributed by atoms with Crippen molar-refractivity contribution in [2.24, 2.45) is 5.73 Å². The van der Waals surface area contributed by atoms with E-state index in [1.54, 1.807) is 18.2 Å². The molecule has 3 aromatic rings. The first-order valence-corrected chi connectivity index (χ1v) is 9.77. The number of hydrogen-bond donors (Lipinski definition) is 2. The molecule has 1 atom stereocenters. The minimum Gasteiger partial charge on any atom is -0.478 e. The number of rotatable bonds is 5. The zero-order valence-electron chi connectivity index (χ0n) is 15.9. The van der Waals surface area contributed by atoms with Crippen LogP contribution in [0.1, 0.15) is 69.6 Å². The number of fused-ring (bicyclic) bond motifs is 3. The van der Waals surface area contributed by atoms with E-state index in [0.717, 1.165) is 42.1 Å². The molecule has 0 saturated carbocycles. The van der Waals surface area contributed by atoms with E-state index in [4.69, 9.17) is 5.73 Å². The molecule has 0 fully saturated rings. The van der Waals surface area contributed by atoms with E-state index < -0.39 is 11.9 Å². The van der Waals surface area contributed by atoms with Gasteiger partial charge in [0, 0.05) is 23.2 Å². The van der Waals surface area contributed by atoms with Crippen LogP contribution in [0.2, 0.25) is 0 Å². The molecule has 1 aliphatic rings. The molecule has 3 N–H and O–H groups in total. The highest BCUT2D eigenvalue weighted by Gasteiger charge is 2.28. The molecule has 1 aliphatic carbocycles. The van der Waals surface area contributed by atoms with Crippen LogP contribution in [0, 0.1) is 0 Å². The molecular weight excluding hydrogens is 352 g/mol. The number of para-hydroxylation sites is 1. The van der Waals surface area contributed by atoms with Crippen molar-refractivity contribution in [2.45, 2.75) is 45.1 Å². The normalized spacial score (nSPS) is 16.1. The third-order valence-corrected chi connectivity index (χ3v) is 5.87. The first-order valence-electron chi connectivity index (χ1n) is 9.77. The van der Waals surface area contributed by atoms with E-state index in [2.05, 4.69) is 11.5 Å². The Kier molecular flexibility index (Phi) is 4.67. The van der Waals surface area contributed by atoms with Gasteiger partial charge in [-0.3, -0.25) is 4.79 Å². The summed E-state index contributed by atoms with van der Waals surface area (Å²) >= 11 is 0. The predicted molar refractivity (Wildman–Crippen MR) is 109 cm³/mol. The molecule has 1 aromatic heterocycles. The molecule has 1 unspecified atom stereocenters. The van der Waals surface area contributed by atoms with Crippen molar-refractivity contribution in [3.63, 3.8) is 0 Å². The number of carboxylic acids is 1. The van der Waals surface area contributed by atoms with Gasteiger partial charge in [-0.25, -0.2) is 4.79 Å². The van der Waals surface area contributed by atoms with Gasteiger partial charge >= 0.3 is 5.97 Å². The summed E-state index contributed by atoms with van der Waals surface area (Å²) in [6.07, 6.45) is 4.23. The highest BCUT2D eigenvalue weighted by molar-refractivity contribution is 6.04. The SMILES string of the molecule is CCC1CCCc2c1n(Cc1cccc(C(N)=O)c1)c1c(C(=O)O)cccc21. The number of primary amides is 1. The highest BCUT2D eigenvalue weighted by atomic mass is 16.4. The Labute approximate surface area is 163 Å². The molecule has 1 amide bonds. The fourth-order valence-corrected chi connectivity index (χ4v) is 4.63.